The van der Waals surface area contributed by atoms with Crippen LogP contribution in [0.3, 0.4) is 0 Å². The SMILES string of the molecule is CCNCC(C)(COC)CC(C)C. The summed E-state index contributed by atoms with van der Waals surface area (Å²) >= 11 is 0. The average molecular weight is 187 g/mol. The van der Waals surface area contributed by atoms with E-state index in [0.717, 1.165) is 25.6 Å². The van der Waals surface area contributed by atoms with Crippen molar-refractivity contribution in [2.24, 2.45) is 11.3 Å². The van der Waals surface area contributed by atoms with Gasteiger partial charge in [0.15, 0.2) is 0 Å². The first-order chi connectivity index (χ1) is 6.04. The summed E-state index contributed by atoms with van der Waals surface area (Å²) in [5.41, 5.74) is 0.291. The smallest absolute Gasteiger partial charge is 0.0528 e. The van der Waals surface area contributed by atoms with Gasteiger partial charge in [0.05, 0.1) is 6.61 Å². The second kappa shape index (κ2) is 6.39. The van der Waals surface area contributed by atoms with Crippen molar-refractivity contribution in [1.29, 1.82) is 0 Å². The van der Waals surface area contributed by atoms with Gasteiger partial charge in [-0.25, -0.2) is 0 Å². The van der Waals surface area contributed by atoms with E-state index in [2.05, 4.69) is 33.0 Å². The molecule has 0 aromatic rings. The summed E-state index contributed by atoms with van der Waals surface area (Å²) in [4.78, 5) is 0. The van der Waals surface area contributed by atoms with E-state index < -0.39 is 0 Å². The molecule has 0 aromatic heterocycles. The summed E-state index contributed by atoms with van der Waals surface area (Å²) in [7, 11) is 1.78. The Balaban J connectivity index is 3.99. The molecule has 0 heterocycles. The maximum atomic E-state index is 5.26. The van der Waals surface area contributed by atoms with Crippen LogP contribution >= 0.6 is 0 Å². The van der Waals surface area contributed by atoms with Crippen LogP contribution in [-0.4, -0.2) is 26.8 Å². The van der Waals surface area contributed by atoms with E-state index in [4.69, 9.17) is 4.74 Å². The molecule has 0 rings (SSSR count). The largest absolute Gasteiger partial charge is 0.384 e. The predicted octanol–water partition coefficient (Wildman–Crippen LogP) is 2.29. The Morgan fingerprint density at radius 1 is 1.38 bits per heavy atom. The Morgan fingerprint density at radius 3 is 2.38 bits per heavy atom. The molecule has 0 aliphatic carbocycles. The highest BCUT2D eigenvalue weighted by Crippen LogP contribution is 2.25. The fourth-order valence-electron chi connectivity index (χ4n) is 1.94. The highest BCUT2D eigenvalue weighted by Gasteiger charge is 2.24. The summed E-state index contributed by atoms with van der Waals surface area (Å²) in [6, 6.07) is 0. The number of methoxy groups -OCH3 is 1. The van der Waals surface area contributed by atoms with E-state index in [1.54, 1.807) is 7.11 Å². The van der Waals surface area contributed by atoms with Crippen molar-refractivity contribution in [2.75, 3.05) is 26.8 Å². The lowest BCUT2D eigenvalue weighted by atomic mass is 9.82. The second-order valence-corrected chi connectivity index (χ2v) is 4.62. The van der Waals surface area contributed by atoms with Gasteiger partial charge in [0.25, 0.3) is 0 Å². The van der Waals surface area contributed by atoms with Crippen molar-refractivity contribution < 1.29 is 4.74 Å². The zero-order chi connectivity index (χ0) is 10.3. The highest BCUT2D eigenvalue weighted by atomic mass is 16.5. The normalized spacial score (nSPS) is 16.2. The molecular formula is C11H25NO. The van der Waals surface area contributed by atoms with Crippen LogP contribution in [-0.2, 0) is 4.74 Å². The number of rotatable bonds is 7. The standard InChI is InChI=1S/C11H25NO/c1-6-12-8-11(4,9-13-5)7-10(2)3/h10,12H,6-9H2,1-5H3. The predicted molar refractivity (Wildman–Crippen MR) is 58.0 cm³/mol. The van der Waals surface area contributed by atoms with Crippen molar-refractivity contribution in [1.82, 2.24) is 5.32 Å². The van der Waals surface area contributed by atoms with Gasteiger partial charge in [-0.1, -0.05) is 27.7 Å². The first-order valence-electron chi connectivity index (χ1n) is 5.23. The Kier molecular flexibility index (Phi) is 6.35. The molecule has 0 aliphatic heterocycles. The summed E-state index contributed by atoms with van der Waals surface area (Å²) in [5, 5.41) is 3.40. The fraction of sp³-hybridized carbons (Fsp3) is 1.00. The molecule has 0 bridgehead atoms. The number of hydrogen-bond acceptors (Lipinski definition) is 2. The molecule has 1 N–H and O–H groups in total. The highest BCUT2D eigenvalue weighted by molar-refractivity contribution is 4.77. The zero-order valence-corrected chi connectivity index (χ0v) is 9.81. The van der Waals surface area contributed by atoms with Gasteiger partial charge >= 0.3 is 0 Å². The maximum Gasteiger partial charge on any atom is 0.0528 e. The number of ether oxygens (including phenoxy) is 1. The Labute approximate surface area is 83.1 Å². The summed E-state index contributed by atoms with van der Waals surface area (Å²) in [5.74, 6) is 0.735. The quantitative estimate of drug-likeness (QED) is 0.660. The van der Waals surface area contributed by atoms with E-state index in [-0.39, 0.29) is 0 Å². The first-order valence-corrected chi connectivity index (χ1v) is 5.23. The van der Waals surface area contributed by atoms with E-state index in [9.17, 15) is 0 Å². The summed E-state index contributed by atoms with van der Waals surface area (Å²) in [6.07, 6.45) is 1.22. The van der Waals surface area contributed by atoms with E-state index >= 15 is 0 Å². The van der Waals surface area contributed by atoms with Crippen molar-refractivity contribution >= 4 is 0 Å². The fourth-order valence-corrected chi connectivity index (χ4v) is 1.94. The molecule has 2 nitrogen and oxygen atoms in total. The van der Waals surface area contributed by atoms with Crippen LogP contribution in [0, 0.1) is 11.3 Å². The van der Waals surface area contributed by atoms with Gasteiger partial charge in [-0.05, 0) is 18.9 Å². The summed E-state index contributed by atoms with van der Waals surface area (Å²) < 4.78 is 5.26. The Bertz CT molecular complexity index is 125. The van der Waals surface area contributed by atoms with Gasteiger partial charge in [-0.3, -0.25) is 0 Å². The van der Waals surface area contributed by atoms with Crippen molar-refractivity contribution in [3.05, 3.63) is 0 Å². The van der Waals surface area contributed by atoms with E-state index in [1.807, 2.05) is 0 Å². The lowest BCUT2D eigenvalue weighted by Crippen LogP contribution is -2.36. The molecule has 0 saturated carbocycles. The topological polar surface area (TPSA) is 21.3 Å². The molecule has 0 radical (unpaired) electrons. The number of nitrogens with one attached hydrogen (secondary N) is 1. The molecular weight excluding hydrogens is 162 g/mol. The molecule has 0 aromatic carbocycles. The van der Waals surface area contributed by atoms with Gasteiger partial charge < -0.3 is 10.1 Å². The lowest BCUT2D eigenvalue weighted by Gasteiger charge is -2.30. The van der Waals surface area contributed by atoms with Gasteiger partial charge in [-0.2, -0.15) is 0 Å². The van der Waals surface area contributed by atoms with E-state index in [0.29, 0.717) is 5.41 Å². The van der Waals surface area contributed by atoms with Crippen molar-refractivity contribution in [2.45, 2.75) is 34.1 Å². The third-order valence-electron chi connectivity index (χ3n) is 2.20. The minimum atomic E-state index is 0.291. The second-order valence-electron chi connectivity index (χ2n) is 4.62. The Hall–Kier alpha value is -0.0800. The third-order valence-corrected chi connectivity index (χ3v) is 2.20. The van der Waals surface area contributed by atoms with Crippen LogP contribution in [0.1, 0.15) is 34.1 Å². The van der Waals surface area contributed by atoms with Gasteiger partial charge in [0.2, 0.25) is 0 Å². The molecule has 0 saturated heterocycles. The number of hydrogen-bond donors (Lipinski definition) is 1. The first kappa shape index (κ1) is 12.9. The van der Waals surface area contributed by atoms with Crippen LogP contribution in [0.2, 0.25) is 0 Å². The maximum absolute atomic E-state index is 5.26. The van der Waals surface area contributed by atoms with Gasteiger partial charge in [-0.15, -0.1) is 0 Å². The molecule has 13 heavy (non-hydrogen) atoms. The monoisotopic (exact) mass is 187 g/mol. The molecule has 0 fully saturated rings. The van der Waals surface area contributed by atoms with Gasteiger partial charge in [0, 0.05) is 19.1 Å². The van der Waals surface area contributed by atoms with Crippen LogP contribution < -0.4 is 5.32 Å². The molecule has 0 aliphatic rings. The molecule has 80 valence electrons. The Morgan fingerprint density at radius 2 is 2.00 bits per heavy atom. The minimum absolute atomic E-state index is 0.291. The van der Waals surface area contributed by atoms with Crippen LogP contribution in [0.15, 0.2) is 0 Å². The third kappa shape index (κ3) is 6.05. The van der Waals surface area contributed by atoms with Crippen molar-refractivity contribution in [3.8, 4) is 0 Å². The van der Waals surface area contributed by atoms with Crippen LogP contribution in [0.25, 0.3) is 0 Å². The van der Waals surface area contributed by atoms with Crippen LogP contribution in [0.5, 0.6) is 0 Å². The zero-order valence-electron chi connectivity index (χ0n) is 9.81. The van der Waals surface area contributed by atoms with Crippen LogP contribution in [0.4, 0.5) is 0 Å². The van der Waals surface area contributed by atoms with E-state index in [1.165, 1.54) is 6.42 Å². The average Bonchev–Trinajstić information content (AvgIpc) is 2.00. The van der Waals surface area contributed by atoms with Crippen molar-refractivity contribution in [3.63, 3.8) is 0 Å². The van der Waals surface area contributed by atoms with Gasteiger partial charge in [0.1, 0.15) is 0 Å². The lowest BCUT2D eigenvalue weighted by molar-refractivity contribution is 0.0755. The summed E-state index contributed by atoms with van der Waals surface area (Å²) in [6.45, 7) is 11.9. The molecule has 0 amide bonds. The molecule has 1 atom stereocenters. The molecule has 2 heteroatoms. The molecule has 0 spiro atoms. The minimum Gasteiger partial charge on any atom is -0.384 e. The molecule has 1 unspecified atom stereocenters.